The summed E-state index contributed by atoms with van der Waals surface area (Å²) in [6.07, 6.45) is 1.14. The van der Waals surface area contributed by atoms with Crippen LogP contribution in [-0.4, -0.2) is 38.1 Å². The second-order valence-electron chi connectivity index (χ2n) is 3.95. The number of carbonyl (C=O) groups excluding carboxylic acids is 1. The first-order valence-corrected chi connectivity index (χ1v) is 5.03. The Balaban J connectivity index is 2.46. The van der Waals surface area contributed by atoms with Crippen molar-refractivity contribution in [3.8, 4) is 0 Å². The van der Waals surface area contributed by atoms with Gasteiger partial charge in [-0.05, 0) is 13.8 Å². The van der Waals surface area contributed by atoms with Gasteiger partial charge in [-0.25, -0.2) is 0 Å². The summed E-state index contributed by atoms with van der Waals surface area (Å²) in [6, 6.07) is 0.0377. The lowest BCUT2D eigenvalue weighted by Gasteiger charge is -2.30. The smallest absolute Gasteiger partial charge is 0.320 e. The largest absolute Gasteiger partial charge is 0.333 e. The lowest BCUT2D eigenvalue weighted by Crippen LogP contribution is -2.44. The molecule has 0 aliphatic carbocycles. The molecule has 0 N–H and O–H groups in total. The molecule has 16 heavy (non-hydrogen) atoms. The molecule has 0 aromatic carbocycles. The number of hydrogen-bond donors (Lipinski definition) is 0. The van der Waals surface area contributed by atoms with Crippen LogP contribution in [0.5, 0.6) is 0 Å². The van der Waals surface area contributed by atoms with Crippen LogP contribution in [0, 0.1) is 10.1 Å². The highest BCUT2D eigenvalue weighted by molar-refractivity contribution is 5.97. The number of rotatable bonds is 2. The Morgan fingerprint density at radius 3 is 2.75 bits per heavy atom. The minimum absolute atomic E-state index is 0.0377. The summed E-state index contributed by atoms with van der Waals surface area (Å²) >= 11 is 0. The average Bonchev–Trinajstić information content (AvgIpc) is 2.61. The van der Waals surface area contributed by atoms with Crippen LogP contribution in [0.4, 0.5) is 5.69 Å². The number of carbonyl (C=O) groups is 1. The molecule has 1 aromatic rings. The number of nitrogens with zero attached hydrogens (tertiary/aromatic N) is 4. The van der Waals surface area contributed by atoms with Gasteiger partial charge in [0.05, 0.1) is 11.5 Å². The maximum Gasteiger partial charge on any atom is 0.320 e. The van der Waals surface area contributed by atoms with E-state index in [1.54, 1.807) is 4.90 Å². The molecule has 0 bridgehead atoms. The SMILES string of the molecule is CC(C)N1CCn2ncc([N+](=O)[O-])c2C1=O. The molecule has 1 amide bonds. The Morgan fingerprint density at radius 2 is 2.19 bits per heavy atom. The molecule has 7 nitrogen and oxygen atoms in total. The van der Waals surface area contributed by atoms with E-state index in [-0.39, 0.29) is 23.3 Å². The normalized spacial score (nSPS) is 15.4. The summed E-state index contributed by atoms with van der Waals surface area (Å²) in [4.78, 5) is 23.8. The number of nitro groups is 1. The third-order valence-corrected chi connectivity index (χ3v) is 2.66. The van der Waals surface area contributed by atoms with E-state index in [0.29, 0.717) is 13.1 Å². The van der Waals surface area contributed by atoms with Gasteiger partial charge in [-0.3, -0.25) is 19.6 Å². The Bertz CT molecular complexity index is 452. The van der Waals surface area contributed by atoms with Crippen molar-refractivity contribution in [3.05, 3.63) is 22.0 Å². The highest BCUT2D eigenvalue weighted by Gasteiger charge is 2.34. The van der Waals surface area contributed by atoms with Gasteiger partial charge in [-0.15, -0.1) is 0 Å². The van der Waals surface area contributed by atoms with Gasteiger partial charge >= 0.3 is 5.69 Å². The molecule has 0 fully saturated rings. The Kier molecular flexibility index (Phi) is 2.37. The van der Waals surface area contributed by atoms with Crippen LogP contribution in [0.3, 0.4) is 0 Å². The second-order valence-corrected chi connectivity index (χ2v) is 3.95. The average molecular weight is 224 g/mol. The predicted molar refractivity (Wildman–Crippen MR) is 55.1 cm³/mol. The first kappa shape index (κ1) is 10.6. The van der Waals surface area contributed by atoms with Gasteiger partial charge in [-0.2, -0.15) is 5.10 Å². The van der Waals surface area contributed by atoms with Gasteiger partial charge in [0.25, 0.3) is 5.91 Å². The Hall–Kier alpha value is -1.92. The number of fused-ring (bicyclic) bond motifs is 1. The van der Waals surface area contributed by atoms with Gasteiger partial charge in [-0.1, -0.05) is 0 Å². The maximum absolute atomic E-state index is 12.0. The van der Waals surface area contributed by atoms with Gasteiger partial charge in [0.1, 0.15) is 6.20 Å². The number of amides is 1. The van der Waals surface area contributed by atoms with Crippen molar-refractivity contribution in [2.75, 3.05) is 6.54 Å². The zero-order chi connectivity index (χ0) is 11.9. The van der Waals surface area contributed by atoms with Crippen molar-refractivity contribution in [1.82, 2.24) is 14.7 Å². The molecule has 86 valence electrons. The van der Waals surface area contributed by atoms with Gasteiger partial charge in [0, 0.05) is 12.6 Å². The fourth-order valence-corrected chi connectivity index (χ4v) is 1.83. The number of hydrogen-bond acceptors (Lipinski definition) is 4. The van der Waals surface area contributed by atoms with Crippen LogP contribution in [0.1, 0.15) is 24.3 Å². The molecule has 1 aliphatic rings. The van der Waals surface area contributed by atoms with E-state index >= 15 is 0 Å². The lowest BCUT2D eigenvalue weighted by molar-refractivity contribution is -0.385. The fourth-order valence-electron chi connectivity index (χ4n) is 1.83. The minimum atomic E-state index is -0.569. The van der Waals surface area contributed by atoms with E-state index in [4.69, 9.17) is 0 Å². The first-order chi connectivity index (χ1) is 7.52. The summed E-state index contributed by atoms with van der Waals surface area (Å²) in [5.74, 6) is -0.314. The van der Waals surface area contributed by atoms with Gasteiger partial charge in [0.2, 0.25) is 5.69 Å². The van der Waals surface area contributed by atoms with Crippen LogP contribution in [0.2, 0.25) is 0 Å². The second kappa shape index (κ2) is 3.58. The molecule has 0 saturated carbocycles. The standard InChI is InChI=1S/C9H12N4O3/c1-6(2)11-3-4-12-8(9(11)14)7(5-10-12)13(15)16/h5-6H,3-4H2,1-2H3. The molecule has 0 saturated heterocycles. The summed E-state index contributed by atoms with van der Waals surface area (Å²) in [5.41, 5.74) is -0.125. The van der Waals surface area contributed by atoms with E-state index in [1.165, 1.54) is 4.68 Å². The number of aromatic nitrogens is 2. The third kappa shape index (κ3) is 1.44. The zero-order valence-corrected chi connectivity index (χ0v) is 9.08. The van der Waals surface area contributed by atoms with Gasteiger partial charge < -0.3 is 4.90 Å². The monoisotopic (exact) mass is 224 g/mol. The van der Waals surface area contributed by atoms with Crippen molar-refractivity contribution in [2.45, 2.75) is 26.4 Å². The van der Waals surface area contributed by atoms with E-state index in [1.807, 2.05) is 13.8 Å². The third-order valence-electron chi connectivity index (χ3n) is 2.66. The highest BCUT2D eigenvalue weighted by atomic mass is 16.6. The van der Waals surface area contributed by atoms with E-state index in [2.05, 4.69) is 5.10 Å². The molecule has 2 heterocycles. The molecule has 0 unspecified atom stereocenters. The topological polar surface area (TPSA) is 81.3 Å². The summed E-state index contributed by atoms with van der Waals surface area (Å²) in [6.45, 7) is 4.82. The molecule has 0 atom stereocenters. The summed E-state index contributed by atoms with van der Waals surface area (Å²) < 4.78 is 1.40. The predicted octanol–water partition coefficient (Wildman–Crippen LogP) is 0.655. The van der Waals surface area contributed by atoms with Crippen molar-refractivity contribution < 1.29 is 9.72 Å². The Labute approximate surface area is 91.8 Å². The van der Waals surface area contributed by atoms with Crippen molar-refractivity contribution >= 4 is 11.6 Å². The Morgan fingerprint density at radius 1 is 1.50 bits per heavy atom. The summed E-state index contributed by atoms with van der Waals surface area (Å²) in [7, 11) is 0. The molecule has 0 radical (unpaired) electrons. The minimum Gasteiger partial charge on any atom is -0.333 e. The fraction of sp³-hybridized carbons (Fsp3) is 0.556. The van der Waals surface area contributed by atoms with E-state index in [0.717, 1.165) is 6.20 Å². The molecular formula is C9H12N4O3. The van der Waals surface area contributed by atoms with Crippen molar-refractivity contribution in [2.24, 2.45) is 0 Å². The van der Waals surface area contributed by atoms with Crippen LogP contribution in [-0.2, 0) is 6.54 Å². The van der Waals surface area contributed by atoms with Crippen LogP contribution in [0.15, 0.2) is 6.20 Å². The molecule has 1 aromatic heterocycles. The van der Waals surface area contributed by atoms with E-state index < -0.39 is 4.92 Å². The molecular weight excluding hydrogens is 212 g/mol. The zero-order valence-electron chi connectivity index (χ0n) is 9.08. The van der Waals surface area contributed by atoms with Crippen LogP contribution in [0.25, 0.3) is 0 Å². The highest BCUT2D eigenvalue weighted by Crippen LogP contribution is 2.23. The van der Waals surface area contributed by atoms with Crippen molar-refractivity contribution in [1.29, 1.82) is 0 Å². The maximum atomic E-state index is 12.0. The quantitative estimate of drug-likeness (QED) is 0.545. The molecule has 7 heteroatoms. The van der Waals surface area contributed by atoms with Gasteiger partial charge in [0.15, 0.2) is 0 Å². The lowest BCUT2D eigenvalue weighted by atomic mass is 10.2. The summed E-state index contributed by atoms with van der Waals surface area (Å²) in [5, 5.41) is 14.6. The van der Waals surface area contributed by atoms with E-state index in [9.17, 15) is 14.9 Å². The first-order valence-electron chi connectivity index (χ1n) is 5.03. The van der Waals surface area contributed by atoms with Crippen molar-refractivity contribution in [3.63, 3.8) is 0 Å². The van der Waals surface area contributed by atoms with Crippen LogP contribution < -0.4 is 0 Å². The molecule has 0 spiro atoms. The van der Waals surface area contributed by atoms with Crippen LogP contribution >= 0.6 is 0 Å². The molecule has 2 rings (SSSR count). The molecule has 1 aliphatic heterocycles.